The van der Waals surface area contributed by atoms with Gasteiger partial charge in [0.25, 0.3) is 5.69 Å². The van der Waals surface area contributed by atoms with Gasteiger partial charge in [0, 0.05) is 28.8 Å². The van der Waals surface area contributed by atoms with Gasteiger partial charge in [0.1, 0.15) is 5.82 Å². The molecule has 0 aliphatic rings. The molecule has 144 valence electrons. The number of nitrogens with one attached hydrogen (secondary N) is 1. The number of hydrogen-bond acceptors (Lipinski definition) is 3. The van der Waals surface area contributed by atoms with Gasteiger partial charge in [0.15, 0.2) is 0 Å². The lowest BCUT2D eigenvalue weighted by Gasteiger charge is -2.05. The van der Waals surface area contributed by atoms with E-state index in [-0.39, 0.29) is 5.69 Å². The fourth-order valence-electron chi connectivity index (χ4n) is 3.64. The Balaban J connectivity index is 1.71. The number of nitro groups is 1. The molecule has 5 aromatic rings. The normalized spacial score (nSPS) is 10.9. The third-order valence-electron chi connectivity index (χ3n) is 5.12. The van der Waals surface area contributed by atoms with Gasteiger partial charge in [0.05, 0.1) is 16.3 Å². The molecule has 0 saturated heterocycles. The topological polar surface area (TPSA) is 71.8 Å². The lowest BCUT2D eigenvalue weighted by molar-refractivity contribution is -0.384. The zero-order chi connectivity index (χ0) is 20.5. The van der Waals surface area contributed by atoms with Gasteiger partial charge in [-0.3, -0.25) is 10.1 Å². The summed E-state index contributed by atoms with van der Waals surface area (Å²) in [5, 5.41) is 13.5. The predicted molar refractivity (Wildman–Crippen MR) is 119 cm³/mol. The average molecular weight is 391 g/mol. The van der Waals surface area contributed by atoms with Crippen LogP contribution in [0.1, 0.15) is 0 Å². The van der Waals surface area contributed by atoms with E-state index < -0.39 is 4.92 Å². The third kappa shape index (κ3) is 3.22. The summed E-state index contributed by atoms with van der Waals surface area (Å²) in [7, 11) is 0. The first-order chi connectivity index (χ1) is 14.7. The molecule has 5 rings (SSSR count). The van der Waals surface area contributed by atoms with E-state index in [1.807, 2.05) is 48.5 Å². The van der Waals surface area contributed by atoms with Crippen LogP contribution in [0, 0.1) is 10.1 Å². The average Bonchev–Trinajstić information content (AvgIpc) is 3.25. The monoisotopic (exact) mass is 391 g/mol. The van der Waals surface area contributed by atoms with Gasteiger partial charge in [-0.15, -0.1) is 0 Å². The number of non-ortho nitro benzene ring substituents is 1. The Labute approximate surface area is 172 Å². The number of fused-ring (bicyclic) bond motifs is 1. The van der Waals surface area contributed by atoms with Crippen molar-refractivity contribution in [2.45, 2.75) is 0 Å². The Kier molecular flexibility index (Phi) is 4.33. The molecule has 30 heavy (non-hydrogen) atoms. The molecule has 0 amide bonds. The Morgan fingerprint density at radius 1 is 0.700 bits per heavy atom. The van der Waals surface area contributed by atoms with Crippen molar-refractivity contribution in [3.63, 3.8) is 0 Å². The van der Waals surface area contributed by atoms with E-state index in [9.17, 15) is 10.1 Å². The first kappa shape index (κ1) is 17.8. The number of nitro benzene ring substituents is 1. The molecule has 1 heterocycles. The van der Waals surface area contributed by atoms with Crippen LogP contribution in [0.5, 0.6) is 0 Å². The lowest BCUT2D eigenvalue weighted by atomic mass is 10.0. The lowest BCUT2D eigenvalue weighted by Crippen LogP contribution is -1.89. The van der Waals surface area contributed by atoms with E-state index in [2.05, 4.69) is 35.3 Å². The Morgan fingerprint density at radius 2 is 1.43 bits per heavy atom. The van der Waals surface area contributed by atoms with Crippen LogP contribution in [0.4, 0.5) is 5.69 Å². The molecule has 0 saturated carbocycles. The molecule has 0 radical (unpaired) electrons. The van der Waals surface area contributed by atoms with E-state index in [0.717, 1.165) is 33.3 Å². The van der Waals surface area contributed by atoms with Crippen LogP contribution in [0.15, 0.2) is 97.1 Å². The van der Waals surface area contributed by atoms with Crippen LogP contribution in [0.25, 0.3) is 44.7 Å². The largest absolute Gasteiger partial charge is 0.337 e. The highest BCUT2D eigenvalue weighted by atomic mass is 16.6. The number of H-pyrrole nitrogens is 1. The number of nitrogens with zero attached hydrogens (tertiary/aromatic N) is 2. The minimum atomic E-state index is -0.394. The van der Waals surface area contributed by atoms with Crippen molar-refractivity contribution >= 4 is 16.5 Å². The third-order valence-corrected chi connectivity index (χ3v) is 5.12. The van der Waals surface area contributed by atoms with Crippen molar-refractivity contribution in [2.75, 3.05) is 0 Å². The van der Waals surface area contributed by atoms with Crippen LogP contribution < -0.4 is 0 Å². The van der Waals surface area contributed by atoms with Gasteiger partial charge >= 0.3 is 0 Å². The number of benzene rings is 4. The van der Waals surface area contributed by atoms with Crippen molar-refractivity contribution < 1.29 is 4.92 Å². The molecule has 0 spiro atoms. The molecule has 0 aliphatic carbocycles. The smallest absolute Gasteiger partial charge is 0.270 e. The Hall–Kier alpha value is -4.25. The number of aromatic nitrogens is 2. The van der Waals surface area contributed by atoms with E-state index in [1.165, 1.54) is 12.1 Å². The van der Waals surface area contributed by atoms with Crippen LogP contribution in [0.2, 0.25) is 0 Å². The van der Waals surface area contributed by atoms with Crippen LogP contribution in [-0.2, 0) is 0 Å². The zero-order valence-electron chi connectivity index (χ0n) is 15.9. The van der Waals surface area contributed by atoms with Gasteiger partial charge in [-0.25, -0.2) is 4.98 Å². The van der Waals surface area contributed by atoms with Gasteiger partial charge in [0.2, 0.25) is 0 Å². The van der Waals surface area contributed by atoms with Crippen molar-refractivity contribution in [2.24, 2.45) is 0 Å². The maximum absolute atomic E-state index is 11.2. The van der Waals surface area contributed by atoms with Gasteiger partial charge in [-0.05, 0) is 16.8 Å². The molecular weight excluding hydrogens is 374 g/mol. The highest BCUT2D eigenvalue weighted by molar-refractivity contribution is 5.90. The highest BCUT2D eigenvalue weighted by Gasteiger charge is 2.17. The molecule has 0 atom stereocenters. The molecule has 5 nitrogen and oxygen atoms in total. The van der Waals surface area contributed by atoms with Gasteiger partial charge < -0.3 is 4.98 Å². The van der Waals surface area contributed by atoms with Gasteiger partial charge in [-0.1, -0.05) is 78.9 Å². The summed E-state index contributed by atoms with van der Waals surface area (Å²) in [5.74, 6) is 0.598. The maximum atomic E-state index is 11.2. The first-order valence-electron chi connectivity index (χ1n) is 9.58. The summed E-state index contributed by atoms with van der Waals surface area (Å²) >= 11 is 0. The number of imidazole rings is 1. The fraction of sp³-hybridized carbons (Fsp3) is 0. The minimum Gasteiger partial charge on any atom is -0.337 e. The summed E-state index contributed by atoms with van der Waals surface area (Å²) in [4.78, 5) is 19.1. The highest BCUT2D eigenvalue weighted by Crippen LogP contribution is 2.34. The summed E-state index contributed by atoms with van der Waals surface area (Å²) < 4.78 is 0. The van der Waals surface area contributed by atoms with Crippen molar-refractivity contribution in [1.29, 1.82) is 0 Å². The second kappa shape index (κ2) is 7.29. The second-order valence-electron chi connectivity index (χ2n) is 7.04. The SMILES string of the molecule is O=[N+]([O-])c1cccc(-c2nc(-c3ccc4ccccc4c3)c(-c3ccccc3)[nH]2)c1. The Bertz CT molecular complexity index is 1370. The quantitative estimate of drug-likeness (QED) is 0.282. The van der Waals surface area contributed by atoms with Crippen molar-refractivity contribution in [1.82, 2.24) is 9.97 Å². The maximum Gasteiger partial charge on any atom is 0.270 e. The first-order valence-corrected chi connectivity index (χ1v) is 9.58. The molecule has 0 bridgehead atoms. The number of aromatic amines is 1. The van der Waals surface area contributed by atoms with E-state index in [0.29, 0.717) is 11.4 Å². The van der Waals surface area contributed by atoms with Crippen LogP contribution >= 0.6 is 0 Å². The molecule has 0 aliphatic heterocycles. The van der Waals surface area contributed by atoms with E-state index in [1.54, 1.807) is 6.07 Å². The van der Waals surface area contributed by atoms with Crippen LogP contribution in [-0.4, -0.2) is 14.9 Å². The van der Waals surface area contributed by atoms with E-state index >= 15 is 0 Å². The van der Waals surface area contributed by atoms with Gasteiger partial charge in [-0.2, -0.15) is 0 Å². The minimum absolute atomic E-state index is 0.0393. The second-order valence-corrected chi connectivity index (χ2v) is 7.04. The summed E-state index contributed by atoms with van der Waals surface area (Å²) in [6, 6.07) is 31.0. The summed E-state index contributed by atoms with van der Waals surface area (Å²) in [5.41, 5.74) is 4.40. The number of hydrogen-bond donors (Lipinski definition) is 1. The molecule has 5 heteroatoms. The molecular formula is C25H17N3O2. The predicted octanol–water partition coefficient (Wildman–Crippen LogP) is 6.47. The van der Waals surface area contributed by atoms with Crippen molar-refractivity contribution in [3.8, 4) is 33.9 Å². The van der Waals surface area contributed by atoms with E-state index in [4.69, 9.17) is 4.98 Å². The summed E-state index contributed by atoms with van der Waals surface area (Å²) in [6.45, 7) is 0. The molecule has 1 aromatic heterocycles. The standard InChI is InChI=1S/C25H17N3O2/c29-28(30)22-12-6-11-21(16-22)25-26-23(18-8-2-1-3-9-18)24(27-25)20-14-13-17-7-4-5-10-19(17)15-20/h1-16H,(H,26,27). The van der Waals surface area contributed by atoms with Crippen LogP contribution in [0.3, 0.4) is 0 Å². The molecule has 0 fully saturated rings. The van der Waals surface area contributed by atoms with Crippen molar-refractivity contribution in [3.05, 3.63) is 107 Å². The molecule has 4 aromatic carbocycles. The summed E-state index contributed by atoms with van der Waals surface area (Å²) in [6.07, 6.45) is 0. The number of rotatable bonds is 4. The molecule has 1 N–H and O–H groups in total. The molecule has 0 unspecified atom stereocenters. The fourth-order valence-corrected chi connectivity index (χ4v) is 3.64. The Morgan fingerprint density at radius 3 is 2.23 bits per heavy atom. The zero-order valence-corrected chi connectivity index (χ0v) is 15.9.